The summed E-state index contributed by atoms with van der Waals surface area (Å²) in [6.07, 6.45) is 0. The number of sulfonamides is 1. The van der Waals surface area contributed by atoms with Crippen molar-refractivity contribution in [2.24, 2.45) is 0 Å². The zero-order chi connectivity index (χ0) is 16.4. The third-order valence-electron chi connectivity index (χ3n) is 3.68. The van der Waals surface area contributed by atoms with Crippen LogP contribution >= 0.6 is 0 Å². The van der Waals surface area contributed by atoms with Crippen molar-refractivity contribution in [3.8, 4) is 11.5 Å². The third-order valence-corrected chi connectivity index (χ3v) is 5.07. The second-order valence-electron chi connectivity index (χ2n) is 5.23. The molecule has 2 aromatic rings. The molecule has 0 saturated carbocycles. The highest BCUT2D eigenvalue weighted by molar-refractivity contribution is 7.92. The summed E-state index contributed by atoms with van der Waals surface area (Å²) in [6.45, 7) is 1.39. The predicted molar refractivity (Wildman–Crippen MR) is 89.0 cm³/mol. The number of ether oxygens (including phenoxy) is 2. The van der Waals surface area contributed by atoms with Gasteiger partial charge in [0.2, 0.25) is 0 Å². The van der Waals surface area contributed by atoms with E-state index in [0.717, 1.165) is 12.2 Å². The quantitative estimate of drug-likeness (QED) is 0.929. The van der Waals surface area contributed by atoms with E-state index in [2.05, 4.69) is 9.62 Å². The van der Waals surface area contributed by atoms with Crippen LogP contribution in [0.1, 0.15) is 0 Å². The molecule has 122 valence electrons. The minimum atomic E-state index is -3.65. The lowest BCUT2D eigenvalue weighted by atomic mass is 10.2. The van der Waals surface area contributed by atoms with Crippen LogP contribution in [0.4, 0.5) is 11.4 Å². The van der Waals surface area contributed by atoms with Crippen molar-refractivity contribution in [2.75, 3.05) is 36.9 Å². The smallest absolute Gasteiger partial charge is 0.261 e. The zero-order valence-corrected chi connectivity index (χ0v) is 13.8. The maximum Gasteiger partial charge on any atom is 0.261 e. The highest BCUT2D eigenvalue weighted by atomic mass is 32.2. The van der Waals surface area contributed by atoms with Gasteiger partial charge < -0.3 is 14.4 Å². The molecule has 3 rings (SSSR count). The molecule has 1 N–H and O–H groups in total. The molecule has 0 aromatic heterocycles. The summed E-state index contributed by atoms with van der Waals surface area (Å²) >= 11 is 0. The molecule has 6 nitrogen and oxygen atoms in total. The number of fused-ring (bicyclic) bond motifs is 1. The summed E-state index contributed by atoms with van der Waals surface area (Å²) in [5.74, 6) is 1.28. The molecule has 0 spiro atoms. The molecule has 0 amide bonds. The first kappa shape index (κ1) is 15.5. The van der Waals surface area contributed by atoms with E-state index in [1.165, 1.54) is 19.2 Å². The Kier molecular flexibility index (Phi) is 4.04. The van der Waals surface area contributed by atoms with Crippen LogP contribution in [0, 0.1) is 0 Å². The molecule has 0 radical (unpaired) electrons. The fourth-order valence-corrected chi connectivity index (χ4v) is 3.44. The van der Waals surface area contributed by atoms with Crippen LogP contribution in [0.2, 0.25) is 0 Å². The molecule has 0 saturated heterocycles. The molecule has 2 aromatic carbocycles. The Balaban J connectivity index is 1.85. The minimum absolute atomic E-state index is 0.175. The first-order chi connectivity index (χ1) is 11.0. The number of nitrogens with one attached hydrogen (secondary N) is 1. The summed E-state index contributed by atoms with van der Waals surface area (Å²) in [5.41, 5.74) is 1.42. The van der Waals surface area contributed by atoms with Crippen molar-refractivity contribution in [3.63, 3.8) is 0 Å². The van der Waals surface area contributed by atoms with Gasteiger partial charge in [0, 0.05) is 13.1 Å². The van der Waals surface area contributed by atoms with Crippen molar-refractivity contribution < 1.29 is 17.9 Å². The lowest BCUT2D eigenvalue weighted by molar-refractivity contribution is 0.311. The molecule has 7 heteroatoms. The van der Waals surface area contributed by atoms with Crippen molar-refractivity contribution in [2.45, 2.75) is 4.90 Å². The van der Waals surface area contributed by atoms with Crippen molar-refractivity contribution in [1.82, 2.24) is 0 Å². The number of likely N-dealkylation sites (N-methyl/N-ethyl adjacent to an activating group) is 1. The van der Waals surface area contributed by atoms with E-state index in [0.29, 0.717) is 23.8 Å². The molecular formula is C16H18N2O4S. The topological polar surface area (TPSA) is 67.9 Å². The van der Waals surface area contributed by atoms with Crippen LogP contribution in [-0.2, 0) is 10.0 Å². The Morgan fingerprint density at radius 1 is 1.17 bits per heavy atom. The molecule has 0 atom stereocenters. The number of benzene rings is 2. The highest BCUT2D eigenvalue weighted by Gasteiger charge is 2.18. The predicted octanol–water partition coefficient (Wildman–Crippen LogP) is 2.32. The maximum absolute atomic E-state index is 12.4. The number of methoxy groups -OCH3 is 1. The Labute approximate surface area is 135 Å². The fraction of sp³-hybridized carbons (Fsp3) is 0.250. The third kappa shape index (κ3) is 3.19. The molecule has 23 heavy (non-hydrogen) atoms. The van der Waals surface area contributed by atoms with E-state index < -0.39 is 10.0 Å². The molecule has 0 unspecified atom stereocenters. The van der Waals surface area contributed by atoms with Gasteiger partial charge in [0.1, 0.15) is 18.1 Å². The Bertz CT molecular complexity index is 803. The fourth-order valence-electron chi connectivity index (χ4n) is 2.39. The van der Waals surface area contributed by atoms with Gasteiger partial charge in [-0.15, -0.1) is 0 Å². The van der Waals surface area contributed by atoms with Crippen LogP contribution in [-0.4, -0.2) is 35.7 Å². The molecule has 0 fully saturated rings. The monoisotopic (exact) mass is 334 g/mol. The summed E-state index contributed by atoms with van der Waals surface area (Å²) in [6, 6.07) is 11.5. The van der Waals surface area contributed by atoms with Gasteiger partial charge in [-0.2, -0.15) is 0 Å². The zero-order valence-electron chi connectivity index (χ0n) is 12.9. The summed E-state index contributed by atoms with van der Waals surface area (Å²) in [4.78, 5) is 2.25. The van der Waals surface area contributed by atoms with E-state index in [1.807, 2.05) is 13.1 Å². The highest BCUT2D eigenvalue weighted by Crippen LogP contribution is 2.33. The van der Waals surface area contributed by atoms with Gasteiger partial charge in [0.25, 0.3) is 10.0 Å². The number of hydrogen-bond acceptors (Lipinski definition) is 5. The normalized spacial score (nSPS) is 13.9. The van der Waals surface area contributed by atoms with E-state index >= 15 is 0 Å². The van der Waals surface area contributed by atoms with Crippen molar-refractivity contribution in [3.05, 3.63) is 42.5 Å². The summed E-state index contributed by atoms with van der Waals surface area (Å²) in [5, 5.41) is 0. The number of nitrogens with zero attached hydrogens (tertiary/aromatic N) is 1. The van der Waals surface area contributed by atoms with Gasteiger partial charge in [-0.3, -0.25) is 4.72 Å². The van der Waals surface area contributed by atoms with Crippen LogP contribution in [0.5, 0.6) is 11.5 Å². The van der Waals surface area contributed by atoms with E-state index in [9.17, 15) is 8.42 Å². The number of anilines is 2. The van der Waals surface area contributed by atoms with Gasteiger partial charge in [0.05, 0.1) is 29.9 Å². The van der Waals surface area contributed by atoms with Gasteiger partial charge in [0.15, 0.2) is 0 Å². The van der Waals surface area contributed by atoms with Crippen molar-refractivity contribution in [1.29, 1.82) is 0 Å². The molecular weight excluding hydrogens is 316 g/mol. The van der Waals surface area contributed by atoms with E-state index in [-0.39, 0.29) is 4.90 Å². The summed E-state index contributed by atoms with van der Waals surface area (Å²) in [7, 11) is -0.145. The Morgan fingerprint density at radius 3 is 2.61 bits per heavy atom. The number of hydrogen-bond donors (Lipinski definition) is 1. The lowest BCUT2D eigenvalue weighted by Crippen LogP contribution is -2.28. The molecule has 1 aliphatic heterocycles. The van der Waals surface area contributed by atoms with E-state index in [4.69, 9.17) is 9.47 Å². The maximum atomic E-state index is 12.4. The Hall–Kier alpha value is -2.41. The first-order valence-corrected chi connectivity index (χ1v) is 8.63. The first-order valence-electron chi connectivity index (χ1n) is 7.14. The van der Waals surface area contributed by atoms with Gasteiger partial charge in [-0.05, 0) is 36.4 Å². The molecule has 0 bridgehead atoms. The second-order valence-corrected chi connectivity index (χ2v) is 6.92. The average molecular weight is 334 g/mol. The van der Waals surface area contributed by atoms with E-state index in [1.54, 1.807) is 24.3 Å². The standard InChI is InChI=1S/C16H18N2O4S/c1-18-9-10-22-16-11-12(3-8-15(16)18)17-23(19,20)14-6-4-13(21-2)5-7-14/h3-8,11,17H,9-10H2,1-2H3. The SMILES string of the molecule is COc1ccc(S(=O)(=O)Nc2ccc3c(c2)OCCN3C)cc1. The average Bonchev–Trinajstić information content (AvgIpc) is 2.54. The second kappa shape index (κ2) is 6.00. The molecule has 1 aliphatic rings. The van der Waals surface area contributed by atoms with Crippen LogP contribution in [0.25, 0.3) is 0 Å². The molecule has 1 heterocycles. The van der Waals surface area contributed by atoms with Crippen LogP contribution in [0.15, 0.2) is 47.4 Å². The Morgan fingerprint density at radius 2 is 1.91 bits per heavy atom. The minimum Gasteiger partial charge on any atom is -0.497 e. The van der Waals surface area contributed by atoms with Crippen molar-refractivity contribution >= 4 is 21.4 Å². The van der Waals surface area contributed by atoms with Crippen LogP contribution in [0.3, 0.4) is 0 Å². The van der Waals surface area contributed by atoms with Gasteiger partial charge in [-0.1, -0.05) is 0 Å². The summed E-state index contributed by atoms with van der Waals surface area (Å²) < 4.78 is 38.1. The lowest BCUT2D eigenvalue weighted by Gasteiger charge is -2.28. The largest absolute Gasteiger partial charge is 0.497 e. The van der Waals surface area contributed by atoms with Gasteiger partial charge >= 0.3 is 0 Å². The van der Waals surface area contributed by atoms with Gasteiger partial charge in [-0.25, -0.2) is 8.42 Å². The van der Waals surface area contributed by atoms with Crippen LogP contribution < -0.4 is 19.1 Å². The number of rotatable bonds is 4. The molecule has 0 aliphatic carbocycles.